The fourth-order valence-corrected chi connectivity index (χ4v) is 4.37. The van der Waals surface area contributed by atoms with Crippen molar-refractivity contribution in [3.05, 3.63) is 39.7 Å². The molecule has 8 heteroatoms. The van der Waals surface area contributed by atoms with E-state index in [1.165, 1.54) is 0 Å². The number of nitrogens with one attached hydrogen (secondary N) is 1. The molecule has 0 spiro atoms. The Morgan fingerprint density at radius 1 is 1.35 bits per heavy atom. The van der Waals surface area contributed by atoms with Crippen molar-refractivity contribution in [2.75, 3.05) is 11.8 Å². The van der Waals surface area contributed by atoms with Gasteiger partial charge in [-0.1, -0.05) is 0 Å². The zero-order valence-electron chi connectivity index (χ0n) is 10.6. The van der Waals surface area contributed by atoms with Gasteiger partial charge in [-0.15, -0.1) is 11.3 Å². The summed E-state index contributed by atoms with van der Waals surface area (Å²) in [6.45, 7) is 0.328. The van der Waals surface area contributed by atoms with Crippen LogP contribution in [0.2, 0.25) is 0 Å². The van der Waals surface area contributed by atoms with E-state index in [9.17, 15) is 8.42 Å². The Balaban J connectivity index is 2.26. The number of ether oxygens (including phenoxy) is 1. The quantitative estimate of drug-likeness (QED) is 0.840. The molecule has 0 aliphatic rings. The summed E-state index contributed by atoms with van der Waals surface area (Å²) in [7, 11) is -2.04. The number of nitrogens with two attached hydrogens (primary N) is 1. The SMILES string of the molecule is COc1ccc(NS(=O)(=O)c2ccc(CN)s2)cc1Br. The largest absolute Gasteiger partial charge is 0.496 e. The average Bonchev–Trinajstić information content (AvgIpc) is 2.88. The Kier molecular flexibility index (Phi) is 4.69. The molecule has 0 saturated heterocycles. The molecule has 0 bridgehead atoms. The normalized spacial score (nSPS) is 11.3. The minimum Gasteiger partial charge on any atom is -0.496 e. The number of thiophene rings is 1. The van der Waals surface area contributed by atoms with Gasteiger partial charge < -0.3 is 10.5 Å². The average molecular weight is 377 g/mol. The van der Waals surface area contributed by atoms with Crippen molar-refractivity contribution in [3.63, 3.8) is 0 Å². The molecule has 0 fully saturated rings. The summed E-state index contributed by atoms with van der Waals surface area (Å²) in [5.41, 5.74) is 5.94. The Bertz CT molecular complexity index is 713. The fourth-order valence-electron chi connectivity index (χ4n) is 1.55. The van der Waals surface area contributed by atoms with E-state index >= 15 is 0 Å². The monoisotopic (exact) mass is 376 g/mol. The molecule has 108 valence electrons. The lowest BCUT2D eigenvalue weighted by molar-refractivity contribution is 0.412. The molecule has 0 unspecified atom stereocenters. The van der Waals surface area contributed by atoms with E-state index in [0.29, 0.717) is 22.5 Å². The summed E-state index contributed by atoms with van der Waals surface area (Å²) >= 11 is 4.47. The molecule has 5 nitrogen and oxygen atoms in total. The second-order valence-electron chi connectivity index (χ2n) is 3.88. The predicted octanol–water partition coefficient (Wildman–Crippen LogP) is 2.78. The number of hydrogen-bond acceptors (Lipinski definition) is 5. The lowest BCUT2D eigenvalue weighted by atomic mass is 10.3. The highest BCUT2D eigenvalue weighted by molar-refractivity contribution is 9.10. The van der Waals surface area contributed by atoms with Crippen LogP contribution in [0.4, 0.5) is 5.69 Å². The van der Waals surface area contributed by atoms with Crippen LogP contribution in [0.1, 0.15) is 4.88 Å². The van der Waals surface area contributed by atoms with Crippen molar-refractivity contribution in [2.45, 2.75) is 10.8 Å². The van der Waals surface area contributed by atoms with Gasteiger partial charge in [0.25, 0.3) is 10.0 Å². The molecule has 1 heterocycles. The van der Waals surface area contributed by atoms with Crippen LogP contribution < -0.4 is 15.2 Å². The highest BCUT2D eigenvalue weighted by Gasteiger charge is 2.17. The molecule has 0 atom stereocenters. The molecule has 20 heavy (non-hydrogen) atoms. The first kappa shape index (κ1) is 15.3. The van der Waals surface area contributed by atoms with Crippen molar-refractivity contribution in [1.82, 2.24) is 0 Å². The molecule has 2 aromatic rings. The van der Waals surface area contributed by atoms with Crippen LogP contribution in [0.5, 0.6) is 5.75 Å². The number of anilines is 1. The molecule has 3 N–H and O–H groups in total. The number of benzene rings is 1. The lowest BCUT2D eigenvalue weighted by Crippen LogP contribution is -2.11. The van der Waals surface area contributed by atoms with Crippen LogP contribution in [0.3, 0.4) is 0 Å². The molecule has 2 rings (SSSR count). The van der Waals surface area contributed by atoms with Crippen molar-refractivity contribution < 1.29 is 13.2 Å². The topological polar surface area (TPSA) is 81.4 Å². The maximum absolute atomic E-state index is 12.2. The van der Waals surface area contributed by atoms with E-state index in [1.807, 2.05) is 0 Å². The van der Waals surface area contributed by atoms with Gasteiger partial charge >= 0.3 is 0 Å². The Hall–Kier alpha value is -1.09. The van der Waals surface area contributed by atoms with Gasteiger partial charge in [0.1, 0.15) is 9.96 Å². The highest BCUT2D eigenvalue weighted by atomic mass is 79.9. The van der Waals surface area contributed by atoms with Crippen molar-refractivity contribution >= 4 is 43.0 Å². The van der Waals surface area contributed by atoms with Crippen LogP contribution in [0.15, 0.2) is 39.0 Å². The molecule has 0 saturated carbocycles. The van der Waals surface area contributed by atoms with Gasteiger partial charge in [0.2, 0.25) is 0 Å². The van der Waals surface area contributed by atoms with Gasteiger partial charge in [0.15, 0.2) is 0 Å². The second kappa shape index (κ2) is 6.13. The Morgan fingerprint density at radius 3 is 2.65 bits per heavy atom. The molecule has 0 amide bonds. The lowest BCUT2D eigenvalue weighted by Gasteiger charge is -2.08. The van der Waals surface area contributed by atoms with E-state index < -0.39 is 10.0 Å². The Labute approximate surface area is 129 Å². The third-order valence-electron chi connectivity index (χ3n) is 2.51. The third kappa shape index (κ3) is 3.32. The second-order valence-corrected chi connectivity index (χ2v) is 7.81. The molecular formula is C12H13BrN2O3S2. The minimum absolute atomic E-state index is 0.241. The van der Waals surface area contributed by atoms with Crippen LogP contribution in [0, 0.1) is 0 Å². The number of sulfonamides is 1. The van der Waals surface area contributed by atoms with Crippen LogP contribution in [-0.2, 0) is 16.6 Å². The van der Waals surface area contributed by atoms with Gasteiger partial charge in [0.05, 0.1) is 17.3 Å². The molecule has 1 aromatic heterocycles. The van der Waals surface area contributed by atoms with Gasteiger partial charge in [-0.05, 0) is 46.3 Å². The third-order valence-corrected chi connectivity index (χ3v) is 6.11. The summed E-state index contributed by atoms with van der Waals surface area (Å²) in [6.07, 6.45) is 0. The summed E-state index contributed by atoms with van der Waals surface area (Å²) in [6, 6.07) is 8.23. The number of hydrogen-bond donors (Lipinski definition) is 2. The number of halogens is 1. The van der Waals surface area contributed by atoms with Crippen molar-refractivity contribution in [3.8, 4) is 5.75 Å². The summed E-state index contributed by atoms with van der Waals surface area (Å²) < 4.78 is 32.9. The zero-order valence-corrected chi connectivity index (χ0v) is 13.8. The standard InChI is InChI=1S/C12H13BrN2O3S2/c1-18-11-4-2-8(6-10(11)13)15-20(16,17)12-5-3-9(7-14)19-12/h2-6,15H,7,14H2,1H3. The Morgan fingerprint density at radius 2 is 2.10 bits per heavy atom. The fraction of sp³-hybridized carbons (Fsp3) is 0.167. The summed E-state index contributed by atoms with van der Waals surface area (Å²) in [5, 5.41) is 0. The first-order valence-corrected chi connectivity index (χ1v) is 8.70. The predicted molar refractivity (Wildman–Crippen MR) is 83.7 cm³/mol. The van der Waals surface area contributed by atoms with Gasteiger partial charge in [-0.25, -0.2) is 8.42 Å². The van der Waals surface area contributed by atoms with E-state index in [0.717, 1.165) is 16.2 Å². The molecular weight excluding hydrogens is 364 g/mol. The van der Waals surface area contributed by atoms with E-state index in [1.54, 1.807) is 37.4 Å². The minimum atomic E-state index is -3.59. The van der Waals surface area contributed by atoms with Crippen LogP contribution in [0.25, 0.3) is 0 Å². The van der Waals surface area contributed by atoms with E-state index in [4.69, 9.17) is 10.5 Å². The summed E-state index contributed by atoms with van der Waals surface area (Å²) in [4.78, 5) is 0.821. The van der Waals surface area contributed by atoms with E-state index in [2.05, 4.69) is 20.7 Å². The van der Waals surface area contributed by atoms with Gasteiger partial charge in [-0.2, -0.15) is 0 Å². The first-order chi connectivity index (χ1) is 9.46. The molecule has 0 aliphatic carbocycles. The molecule has 1 aromatic carbocycles. The zero-order chi connectivity index (χ0) is 14.8. The molecule has 0 radical (unpaired) electrons. The van der Waals surface area contributed by atoms with Crippen LogP contribution in [-0.4, -0.2) is 15.5 Å². The van der Waals surface area contributed by atoms with Crippen molar-refractivity contribution in [1.29, 1.82) is 0 Å². The highest BCUT2D eigenvalue weighted by Crippen LogP contribution is 2.30. The number of rotatable bonds is 5. The first-order valence-electron chi connectivity index (χ1n) is 5.61. The maximum Gasteiger partial charge on any atom is 0.271 e. The van der Waals surface area contributed by atoms with Crippen molar-refractivity contribution in [2.24, 2.45) is 5.73 Å². The van der Waals surface area contributed by atoms with Gasteiger partial charge in [-0.3, -0.25) is 4.72 Å². The molecule has 0 aliphatic heterocycles. The summed E-state index contributed by atoms with van der Waals surface area (Å²) in [5.74, 6) is 0.634. The van der Waals surface area contributed by atoms with Crippen LogP contribution >= 0.6 is 27.3 Å². The van der Waals surface area contributed by atoms with E-state index in [-0.39, 0.29) is 4.21 Å². The smallest absolute Gasteiger partial charge is 0.271 e. The maximum atomic E-state index is 12.2. The van der Waals surface area contributed by atoms with Gasteiger partial charge in [0, 0.05) is 11.4 Å². The number of methoxy groups -OCH3 is 1.